The first-order valence-corrected chi connectivity index (χ1v) is 9.03. The molecule has 0 aromatic rings. The highest BCUT2D eigenvalue weighted by Crippen LogP contribution is 2.35. The molecule has 0 saturated heterocycles. The maximum absolute atomic E-state index is 10.7. The van der Waals surface area contributed by atoms with Crippen LogP contribution in [-0.4, -0.2) is 16.9 Å². The maximum atomic E-state index is 10.7. The zero-order valence-electron chi connectivity index (χ0n) is 15.6. The van der Waals surface area contributed by atoms with Crippen LogP contribution in [-0.2, 0) is 4.79 Å². The van der Waals surface area contributed by atoms with Gasteiger partial charge in [-0.3, -0.25) is 4.79 Å². The molecule has 0 spiro atoms. The van der Waals surface area contributed by atoms with E-state index in [-0.39, 0.29) is 5.54 Å². The smallest absolute Gasteiger partial charge is 0.167 e. The van der Waals surface area contributed by atoms with Crippen LogP contribution in [0, 0.1) is 23.2 Å². The van der Waals surface area contributed by atoms with Crippen LogP contribution in [0.3, 0.4) is 0 Å². The van der Waals surface area contributed by atoms with E-state index in [0.29, 0.717) is 17.6 Å². The van der Waals surface area contributed by atoms with Gasteiger partial charge in [0.2, 0.25) is 0 Å². The first kappa shape index (κ1) is 19.8. The minimum atomic E-state index is -0.537. The Labute approximate surface area is 141 Å². The monoisotopic (exact) mass is 319 g/mol. The SMILES string of the molecule is CC1CCCC(=O)C1.CC1CCCC(C#N)(/N=N/C(C)(C)C)C1. The normalized spacial score (nSPS) is 32.1. The van der Waals surface area contributed by atoms with Gasteiger partial charge >= 0.3 is 0 Å². The number of ketones is 1. The van der Waals surface area contributed by atoms with Crippen molar-refractivity contribution in [1.82, 2.24) is 0 Å². The van der Waals surface area contributed by atoms with Crippen molar-refractivity contribution >= 4 is 5.78 Å². The number of hydrogen-bond donors (Lipinski definition) is 0. The standard InChI is InChI=1S/C12H21N3.C7H12O/c1-10-6-5-7-12(8-10,9-13)15-14-11(2,3)4;1-6-3-2-4-7(8)5-6/h10H,5-8H2,1-4H3;6H,2-5H2,1H3/b15-14+;. The molecule has 0 radical (unpaired) electrons. The summed E-state index contributed by atoms with van der Waals surface area (Å²) in [5, 5.41) is 17.8. The molecule has 2 aliphatic rings. The van der Waals surface area contributed by atoms with Crippen LogP contribution in [0.1, 0.15) is 86.0 Å². The second-order valence-electron chi connectivity index (χ2n) is 8.46. The molecule has 23 heavy (non-hydrogen) atoms. The van der Waals surface area contributed by atoms with Crippen LogP contribution in [0.5, 0.6) is 0 Å². The Morgan fingerprint density at radius 3 is 2.26 bits per heavy atom. The topological polar surface area (TPSA) is 65.6 Å². The van der Waals surface area contributed by atoms with Crippen LogP contribution < -0.4 is 0 Å². The Morgan fingerprint density at radius 1 is 1.17 bits per heavy atom. The highest BCUT2D eigenvalue weighted by Gasteiger charge is 2.35. The van der Waals surface area contributed by atoms with Gasteiger partial charge in [-0.25, -0.2) is 0 Å². The molecular weight excluding hydrogens is 286 g/mol. The second-order valence-corrected chi connectivity index (χ2v) is 8.46. The van der Waals surface area contributed by atoms with Crippen molar-refractivity contribution in [3.8, 4) is 6.07 Å². The van der Waals surface area contributed by atoms with Gasteiger partial charge in [-0.1, -0.05) is 20.3 Å². The lowest BCUT2D eigenvalue weighted by Crippen LogP contribution is -2.31. The van der Waals surface area contributed by atoms with Crippen LogP contribution >= 0.6 is 0 Å². The van der Waals surface area contributed by atoms with Crippen molar-refractivity contribution in [3.05, 3.63) is 0 Å². The lowest BCUT2D eigenvalue weighted by molar-refractivity contribution is -0.121. The van der Waals surface area contributed by atoms with E-state index < -0.39 is 5.54 Å². The molecule has 0 N–H and O–H groups in total. The number of azo groups is 1. The van der Waals surface area contributed by atoms with Crippen LogP contribution in [0.25, 0.3) is 0 Å². The molecule has 0 aliphatic heterocycles. The molecule has 3 unspecified atom stereocenters. The largest absolute Gasteiger partial charge is 0.300 e. The summed E-state index contributed by atoms with van der Waals surface area (Å²) in [6.45, 7) is 10.4. The fraction of sp³-hybridized carbons (Fsp3) is 0.895. The Bertz CT molecular complexity index is 458. The first-order valence-electron chi connectivity index (χ1n) is 9.03. The first-order chi connectivity index (χ1) is 10.7. The summed E-state index contributed by atoms with van der Waals surface area (Å²) in [6.07, 6.45) is 8.10. The Hall–Kier alpha value is -1.24. The van der Waals surface area contributed by atoms with E-state index in [0.717, 1.165) is 38.5 Å². The third kappa shape index (κ3) is 7.72. The summed E-state index contributed by atoms with van der Waals surface area (Å²) in [5.41, 5.74) is -0.713. The summed E-state index contributed by atoms with van der Waals surface area (Å²) in [7, 11) is 0. The summed E-state index contributed by atoms with van der Waals surface area (Å²) < 4.78 is 0. The van der Waals surface area contributed by atoms with E-state index in [4.69, 9.17) is 0 Å². The zero-order valence-corrected chi connectivity index (χ0v) is 15.6. The third-order valence-electron chi connectivity index (χ3n) is 4.45. The predicted molar refractivity (Wildman–Crippen MR) is 93.2 cm³/mol. The van der Waals surface area contributed by atoms with Crippen molar-refractivity contribution in [1.29, 1.82) is 5.26 Å². The summed E-state index contributed by atoms with van der Waals surface area (Å²) in [4.78, 5) is 10.7. The Kier molecular flexibility index (Phi) is 7.38. The molecule has 130 valence electrons. The fourth-order valence-corrected chi connectivity index (χ4v) is 3.22. The number of rotatable bonds is 1. The van der Waals surface area contributed by atoms with Crippen molar-refractivity contribution in [2.75, 3.05) is 0 Å². The molecular formula is C19H33N3O. The number of Topliss-reactive ketones (excluding diaryl/α,β-unsaturated/α-hetero) is 1. The van der Waals surface area contributed by atoms with Gasteiger partial charge in [0.25, 0.3) is 0 Å². The van der Waals surface area contributed by atoms with E-state index in [1.807, 2.05) is 20.8 Å². The number of carbonyl (C=O) groups excluding carboxylic acids is 1. The molecule has 4 heteroatoms. The predicted octanol–water partition coefficient (Wildman–Crippen LogP) is 5.48. The highest BCUT2D eigenvalue weighted by atomic mass is 16.1. The Morgan fingerprint density at radius 2 is 1.83 bits per heavy atom. The summed E-state index contributed by atoms with van der Waals surface area (Å²) in [6, 6.07) is 2.36. The van der Waals surface area contributed by atoms with E-state index in [2.05, 4.69) is 30.1 Å². The molecule has 2 aliphatic carbocycles. The quantitative estimate of drug-likeness (QED) is 0.601. The average molecular weight is 319 g/mol. The molecule has 2 saturated carbocycles. The third-order valence-corrected chi connectivity index (χ3v) is 4.45. The van der Waals surface area contributed by atoms with E-state index in [9.17, 15) is 10.1 Å². The van der Waals surface area contributed by atoms with Gasteiger partial charge in [0.15, 0.2) is 5.54 Å². The lowest BCUT2D eigenvalue weighted by atomic mass is 9.78. The fourth-order valence-electron chi connectivity index (χ4n) is 3.22. The minimum Gasteiger partial charge on any atom is -0.300 e. The van der Waals surface area contributed by atoms with Gasteiger partial charge in [0, 0.05) is 12.8 Å². The Balaban J connectivity index is 0.000000277. The molecule has 0 bridgehead atoms. The number of nitriles is 1. The molecule has 0 aromatic carbocycles. The van der Waals surface area contributed by atoms with Gasteiger partial charge in [-0.05, 0) is 64.7 Å². The van der Waals surface area contributed by atoms with Crippen LogP contribution in [0.2, 0.25) is 0 Å². The van der Waals surface area contributed by atoms with Crippen molar-refractivity contribution < 1.29 is 4.79 Å². The van der Waals surface area contributed by atoms with Crippen molar-refractivity contribution in [2.45, 2.75) is 97.1 Å². The second kappa shape index (κ2) is 8.57. The minimum absolute atomic E-state index is 0.176. The molecule has 2 rings (SSSR count). The lowest BCUT2D eigenvalue weighted by Gasteiger charge is -2.30. The van der Waals surface area contributed by atoms with E-state index >= 15 is 0 Å². The van der Waals surface area contributed by atoms with Crippen molar-refractivity contribution in [2.24, 2.45) is 22.1 Å². The summed E-state index contributed by atoms with van der Waals surface area (Å²) >= 11 is 0. The zero-order chi connectivity index (χ0) is 17.5. The number of nitrogens with zero attached hydrogens (tertiary/aromatic N) is 3. The van der Waals surface area contributed by atoms with E-state index in [1.54, 1.807) is 0 Å². The van der Waals surface area contributed by atoms with Gasteiger partial charge in [0.05, 0.1) is 11.6 Å². The maximum Gasteiger partial charge on any atom is 0.167 e. The number of carbonyl (C=O) groups is 1. The van der Waals surface area contributed by atoms with Gasteiger partial charge < -0.3 is 0 Å². The highest BCUT2D eigenvalue weighted by molar-refractivity contribution is 5.79. The molecule has 2 fully saturated rings. The van der Waals surface area contributed by atoms with E-state index in [1.165, 1.54) is 12.8 Å². The summed E-state index contributed by atoms with van der Waals surface area (Å²) in [5.74, 6) is 1.72. The van der Waals surface area contributed by atoms with Crippen LogP contribution in [0.15, 0.2) is 10.2 Å². The molecule has 4 nitrogen and oxygen atoms in total. The average Bonchev–Trinajstić information content (AvgIpc) is 2.45. The molecule has 3 atom stereocenters. The van der Waals surface area contributed by atoms with Crippen LogP contribution in [0.4, 0.5) is 0 Å². The molecule has 0 amide bonds. The molecule has 0 aromatic heterocycles. The van der Waals surface area contributed by atoms with Gasteiger partial charge in [0.1, 0.15) is 5.78 Å². The molecule has 0 heterocycles. The van der Waals surface area contributed by atoms with Crippen molar-refractivity contribution in [3.63, 3.8) is 0 Å². The van der Waals surface area contributed by atoms with Gasteiger partial charge in [-0.2, -0.15) is 15.5 Å². The number of hydrogen-bond acceptors (Lipinski definition) is 4. The van der Waals surface area contributed by atoms with Gasteiger partial charge in [-0.15, -0.1) is 0 Å².